The van der Waals surface area contributed by atoms with Crippen molar-refractivity contribution in [1.82, 2.24) is 15.0 Å². The number of carbonyl (C=O) groups excluding carboxylic acids is 1. The number of methoxy groups -OCH3 is 1. The molecule has 1 fully saturated rings. The van der Waals surface area contributed by atoms with Crippen LogP contribution in [0.5, 0.6) is 5.75 Å². The standard InChI is InChI=1S/C24H27N3O3/c1-3-4-7-17-11-13-18(14-12-17)24(28)27-15-6-10-21(27)23-25-22(26-30-23)19-8-5-9-20(16-19)29-2/h5,8-9,11-14,16,21H,3-4,6-7,10,15H2,1-2H3. The number of hydrogen-bond donors (Lipinski definition) is 0. The van der Waals surface area contributed by atoms with Crippen molar-refractivity contribution in [3.05, 3.63) is 65.5 Å². The zero-order valence-corrected chi connectivity index (χ0v) is 17.5. The Kier molecular flexibility index (Phi) is 6.12. The van der Waals surface area contributed by atoms with E-state index in [1.807, 2.05) is 41.3 Å². The van der Waals surface area contributed by atoms with E-state index in [1.165, 1.54) is 5.56 Å². The number of unbranched alkanes of at least 4 members (excludes halogenated alkanes) is 1. The van der Waals surface area contributed by atoms with Crippen molar-refractivity contribution >= 4 is 5.91 Å². The molecule has 0 bridgehead atoms. The summed E-state index contributed by atoms with van der Waals surface area (Å²) in [4.78, 5) is 19.6. The molecular weight excluding hydrogens is 378 g/mol. The van der Waals surface area contributed by atoms with Gasteiger partial charge in [-0.15, -0.1) is 0 Å². The number of aryl methyl sites for hydroxylation is 1. The van der Waals surface area contributed by atoms with Gasteiger partial charge in [0.2, 0.25) is 11.7 Å². The highest BCUT2D eigenvalue weighted by atomic mass is 16.5. The highest BCUT2D eigenvalue weighted by Gasteiger charge is 2.34. The SMILES string of the molecule is CCCCc1ccc(C(=O)N2CCCC2c2nc(-c3cccc(OC)c3)no2)cc1. The Morgan fingerprint density at radius 2 is 2.07 bits per heavy atom. The molecule has 4 rings (SSSR count). The lowest BCUT2D eigenvalue weighted by Crippen LogP contribution is -2.30. The summed E-state index contributed by atoms with van der Waals surface area (Å²) in [6.07, 6.45) is 5.11. The lowest BCUT2D eigenvalue weighted by Gasteiger charge is -2.22. The second-order valence-electron chi connectivity index (χ2n) is 7.65. The van der Waals surface area contributed by atoms with Gasteiger partial charge in [0.05, 0.1) is 7.11 Å². The molecule has 0 spiro atoms. The first-order valence-corrected chi connectivity index (χ1v) is 10.6. The molecule has 6 heteroatoms. The van der Waals surface area contributed by atoms with E-state index in [-0.39, 0.29) is 11.9 Å². The van der Waals surface area contributed by atoms with Crippen molar-refractivity contribution in [2.24, 2.45) is 0 Å². The highest BCUT2D eigenvalue weighted by Crippen LogP contribution is 2.33. The molecule has 1 amide bonds. The smallest absolute Gasteiger partial charge is 0.254 e. The van der Waals surface area contributed by atoms with Gasteiger partial charge in [-0.05, 0) is 55.5 Å². The minimum atomic E-state index is -0.191. The van der Waals surface area contributed by atoms with Crippen LogP contribution in [0.1, 0.15) is 60.5 Å². The zero-order chi connectivity index (χ0) is 20.9. The maximum absolute atomic E-state index is 13.1. The molecule has 1 unspecified atom stereocenters. The molecule has 1 saturated heterocycles. The van der Waals surface area contributed by atoms with Crippen LogP contribution < -0.4 is 4.74 Å². The average molecular weight is 405 g/mol. The molecule has 2 aromatic carbocycles. The second-order valence-corrected chi connectivity index (χ2v) is 7.65. The Balaban J connectivity index is 1.51. The Hall–Kier alpha value is -3.15. The van der Waals surface area contributed by atoms with Gasteiger partial charge in [-0.25, -0.2) is 0 Å². The quantitative estimate of drug-likeness (QED) is 0.549. The third kappa shape index (κ3) is 4.22. The molecule has 0 saturated carbocycles. The van der Waals surface area contributed by atoms with E-state index < -0.39 is 0 Å². The lowest BCUT2D eigenvalue weighted by atomic mass is 10.1. The van der Waals surface area contributed by atoms with Gasteiger partial charge in [-0.1, -0.05) is 42.8 Å². The summed E-state index contributed by atoms with van der Waals surface area (Å²) in [6, 6.07) is 15.3. The van der Waals surface area contributed by atoms with Gasteiger partial charge in [-0.2, -0.15) is 4.98 Å². The minimum absolute atomic E-state index is 0.0145. The predicted octanol–water partition coefficient (Wildman–Crippen LogP) is 5.07. The maximum Gasteiger partial charge on any atom is 0.254 e. The number of hydrogen-bond acceptors (Lipinski definition) is 5. The average Bonchev–Trinajstić information content (AvgIpc) is 3.47. The monoisotopic (exact) mass is 405 g/mol. The van der Waals surface area contributed by atoms with Crippen LogP contribution in [0.25, 0.3) is 11.4 Å². The molecule has 0 N–H and O–H groups in total. The van der Waals surface area contributed by atoms with Crippen molar-refractivity contribution in [2.75, 3.05) is 13.7 Å². The van der Waals surface area contributed by atoms with Gasteiger partial charge >= 0.3 is 0 Å². The zero-order valence-electron chi connectivity index (χ0n) is 17.5. The number of likely N-dealkylation sites (tertiary alicyclic amines) is 1. The number of rotatable bonds is 7. The van der Waals surface area contributed by atoms with Crippen LogP contribution in [-0.2, 0) is 6.42 Å². The molecule has 3 aromatic rings. The van der Waals surface area contributed by atoms with Crippen molar-refractivity contribution < 1.29 is 14.1 Å². The van der Waals surface area contributed by atoms with Crippen LogP contribution in [0.2, 0.25) is 0 Å². The molecule has 1 aliphatic rings. The van der Waals surface area contributed by atoms with Crippen LogP contribution in [0.3, 0.4) is 0 Å². The minimum Gasteiger partial charge on any atom is -0.497 e. The molecule has 1 aromatic heterocycles. The first kappa shape index (κ1) is 20.1. The summed E-state index contributed by atoms with van der Waals surface area (Å²) in [6.45, 7) is 2.88. The fourth-order valence-electron chi connectivity index (χ4n) is 3.88. The molecule has 1 atom stereocenters. The topological polar surface area (TPSA) is 68.5 Å². The van der Waals surface area contributed by atoms with Crippen molar-refractivity contribution in [1.29, 1.82) is 0 Å². The number of amides is 1. The number of nitrogens with zero attached hydrogens (tertiary/aromatic N) is 3. The largest absolute Gasteiger partial charge is 0.497 e. The van der Waals surface area contributed by atoms with Crippen LogP contribution in [0.4, 0.5) is 0 Å². The van der Waals surface area contributed by atoms with Crippen LogP contribution >= 0.6 is 0 Å². The van der Waals surface area contributed by atoms with Crippen LogP contribution in [-0.4, -0.2) is 34.6 Å². The number of benzene rings is 2. The van der Waals surface area contributed by atoms with Gasteiger partial charge in [0, 0.05) is 17.7 Å². The third-order valence-electron chi connectivity index (χ3n) is 5.59. The Morgan fingerprint density at radius 3 is 2.83 bits per heavy atom. The molecule has 0 aliphatic carbocycles. The maximum atomic E-state index is 13.1. The Labute approximate surface area is 176 Å². The lowest BCUT2D eigenvalue weighted by molar-refractivity contribution is 0.0710. The molecule has 30 heavy (non-hydrogen) atoms. The molecule has 0 radical (unpaired) electrons. The van der Waals surface area contributed by atoms with Gasteiger partial charge in [0.15, 0.2) is 0 Å². The van der Waals surface area contributed by atoms with Gasteiger partial charge in [-0.3, -0.25) is 4.79 Å². The van der Waals surface area contributed by atoms with Gasteiger partial charge in [0.25, 0.3) is 5.91 Å². The van der Waals surface area contributed by atoms with Gasteiger partial charge in [0.1, 0.15) is 11.8 Å². The molecule has 6 nitrogen and oxygen atoms in total. The fourth-order valence-corrected chi connectivity index (χ4v) is 3.88. The fraction of sp³-hybridized carbons (Fsp3) is 0.375. The number of ether oxygens (including phenoxy) is 1. The predicted molar refractivity (Wildman–Crippen MR) is 114 cm³/mol. The summed E-state index contributed by atoms with van der Waals surface area (Å²) in [7, 11) is 1.62. The van der Waals surface area contributed by atoms with E-state index in [0.717, 1.165) is 43.4 Å². The van der Waals surface area contributed by atoms with Crippen molar-refractivity contribution in [3.63, 3.8) is 0 Å². The van der Waals surface area contributed by atoms with E-state index in [2.05, 4.69) is 29.2 Å². The van der Waals surface area contributed by atoms with Crippen LogP contribution in [0, 0.1) is 0 Å². The summed E-state index contributed by atoms with van der Waals surface area (Å²) < 4.78 is 10.8. The van der Waals surface area contributed by atoms with E-state index >= 15 is 0 Å². The third-order valence-corrected chi connectivity index (χ3v) is 5.59. The van der Waals surface area contributed by atoms with E-state index in [1.54, 1.807) is 7.11 Å². The summed E-state index contributed by atoms with van der Waals surface area (Å²) >= 11 is 0. The van der Waals surface area contributed by atoms with Crippen molar-refractivity contribution in [3.8, 4) is 17.1 Å². The van der Waals surface area contributed by atoms with E-state index in [4.69, 9.17) is 9.26 Å². The molecule has 1 aliphatic heterocycles. The summed E-state index contributed by atoms with van der Waals surface area (Å²) in [5, 5.41) is 4.13. The highest BCUT2D eigenvalue weighted by molar-refractivity contribution is 5.94. The van der Waals surface area contributed by atoms with Crippen molar-refractivity contribution in [2.45, 2.75) is 45.1 Å². The number of aromatic nitrogens is 2. The molecule has 156 valence electrons. The normalized spacial score (nSPS) is 16.1. The summed E-state index contributed by atoms with van der Waals surface area (Å²) in [5.74, 6) is 1.74. The van der Waals surface area contributed by atoms with E-state index in [0.29, 0.717) is 23.8 Å². The first-order valence-electron chi connectivity index (χ1n) is 10.6. The second kappa shape index (κ2) is 9.11. The first-order chi connectivity index (χ1) is 14.7. The van der Waals surface area contributed by atoms with Crippen LogP contribution in [0.15, 0.2) is 53.1 Å². The molecule has 2 heterocycles. The number of carbonyl (C=O) groups is 1. The molecular formula is C24H27N3O3. The Bertz CT molecular complexity index is 997. The summed E-state index contributed by atoms with van der Waals surface area (Å²) in [5.41, 5.74) is 2.80. The van der Waals surface area contributed by atoms with Gasteiger partial charge < -0.3 is 14.2 Å². The van der Waals surface area contributed by atoms with E-state index in [9.17, 15) is 4.79 Å². The Morgan fingerprint density at radius 1 is 1.23 bits per heavy atom.